The largest absolute Gasteiger partial charge is 0.326 e. The third kappa shape index (κ3) is 2.87. The average molecular weight is 334 g/mol. The van der Waals surface area contributed by atoms with E-state index in [0.717, 1.165) is 22.0 Å². The summed E-state index contributed by atoms with van der Waals surface area (Å²) in [5.74, 6) is -0.276. The third-order valence-electron chi connectivity index (χ3n) is 4.67. The Kier molecular flexibility index (Phi) is 3.72. The van der Waals surface area contributed by atoms with Gasteiger partial charge in [0.25, 0.3) is 0 Å². The maximum absolute atomic E-state index is 12.8. The molecule has 0 radical (unpaired) electrons. The molecule has 2 amide bonds. The molecule has 0 saturated carbocycles. The lowest BCUT2D eigenvalue weighted by Gasteiger charge is -2.35. The molecule has 1 atom stereocenters. The lowest BCUT2D eigenvalue weighted by Crippen LogP contribution is -2.49. The molecule has 2 heterocycles. The number of carbonyl (C=O) groups excluding carboxylic acids is 2. The van der Waals surface area contributed by atoms with E-state index in [1.165, 1.54) is 6.92 Å². The van der Waals surface area contributed by atoms with Gasteiger partial charge >= 0.3 is 0 Å². The van der Waals surface area contributed by atoms with Gasteiger partial charge in [-0.25, -0.2) is 0 Å². The summed E-state index contributed by atoms with van der Waals surface area (Å²) in [5.41, 5.74) is 3.75. The Bertz CT molecular complexity index is 963. The van der Waals surface area contributed by atoms with Gasteiger partial charge in [-0.15, -0.1) is 0 Å². The molecule has 0 fully saturated rings. The predicted molar refractivity (Wildman–Crippen MR) is 94.9 cm³/mol. The van der Waals surface area contributed by atoms with Gasteiger partial charge in [-0.3, -0.25) is 14.7 Å². The van der Waals surface area contributed by atoms with E-state index in [1.54, 1.807) is 11.1 Å². The molecule has 126 valence electrons. The Balaban J connectivity index is 1.60. The monoisotopic (exact) mass is 334 g/mol. The van der Waals surface area contributed by atoms with Crippen LogP contribution in [0.25, 0.3) is 10.9 Å². The summed E-state index contributed by atoms with van der Waals surface area (Å²) >= 11 is 0. The molecule has 2 N–H and O–H groups in total. The number of rotatable bonds is 2. The molecular weight excluding hydrogens is 316 g/mol. The second-order valence-corrected chi connectivity index (χ2v) is 6.30. The van der Waals surface area contributed by atoms with Gasteiger partial charge in [0, 0.05) is 31.0 Å². The Labute approximate surface area is 144 Å². The standard InChI is InChI=1S/C19H18N4O2/c1-12(24)23-11-15-5-3-2-4-13(15)8-18(23)19(25)21-16-7-6-14-10-20-22-17(14)9-16/h2-7,9-10,18H,8,11H2,1H3,(H,20,22)(H,21,25). The maximum Gasteiger partial charge on any atom is 0.247 e. The number of hydrogen-bond acceptors (Lipinski definition) is 3. The normalized spacial score (nSPS) is 16.5. The van der Waals surface area contributed by atoms with Crippen LogP contribution in [0, 0.1) is 0 Å². The highest BCUT2D eigenvalue weighted by Gasteiger charge is 2.33. The molecule has 0 aliphatic carbocycles. The Morgan fingerprint density at radius 3 is 2.80 bits per heavy atom. The van der Waals surface area contributed by atoms with Crippen LogP contribution < -0.4 is 5.32 Å². The van der Waals surface area contributed by atoms with Gasteiger partial charge in [0.15, 0.2) is 0 Å². The van der Waals surface area contributed by atoms with E-state index in [9.17, 15) is 9.59 Å². The topological polar surface area (TPSA) is 78.1 Å². The van der Waals surface area contributed by atoms with Crippen LogP contribution in [0.2, 0.25) is 0 Å². The number of H-pyrrole nitrogens is 1. The van der Waals surface area contributed by atoms with E-state index in [1.807, 2.05) is 42.5 Å². The van der Waals surface area contributed by atoms with Crippen molar-refractivity contribution in [2.45, 2.75) is 25.9 Å². The number of carbonyl (C=O) groups is 2. The summed E-state index contributed by atoms with van der Waals surface area (Å²) in [6.07, 6.45) is 2.25. The summed E-state index contributed by atoms with van der Waals surface area (Å²) in [7, 11) is 0. The number of hydrogen-bond donors (Lipinski definition) is 2. The molecule has 25 heavy (non-hydrogen) atoms. The van der Waals surface area contributed by atoms with Crippen molar-refractivity contribution in [3.05, 3.63) is 59.8 Å². The Morgan fingerprint density at radius 1 is 1.20 bits per heavy atom. The molecular formula is C19H18N4O2. The van der Waals surface area contributed by atoms with Gasteiger partial charge in [0.2, 0.25) is 11.8 Å². The molecule has 4 rings (SSSR count). The summed E-state index contributed by atoms with van der Waals surface area (Å²) in [6.45, 7) is 1.97. The second-order valence-electron chi connectivity index (χ2n) is 6.30. The van der Waals surface area contributed by atoms with Crippen LogP contribution in [-0.4, -0.2) is 33.0 Å². The number of nitrogens with zero attached hydrogens (tertiary/aromatic N) is 2. The fraction of sp³-hybridized carbons (Fsp3) is 0.211. The third-order valence-corrected chi connectivity index (χ3v) is 4.67. The van der Waals surface area contributed by atoms with Crippen LogP contribution in [-0.2, 0) is 22.6 Å². The number of benzene rings is 2. The number of aromatic amines is 1. The summed E-state index contributed by atoms with van der Waals surface area (Å²) in [5, 5.41) is 10.8. The van der Waals surface area contributed by atoms with E-state index in [0.29, 0.717) is 18.7 Å². The molecule has 1 aliphatic rings. The number of aromatic nitrogens is 2. The second kappa shape index (κ2) is 6.05. The van der Waals surface area contributed by atoms with Gasteiger partial charge in [-0.05, 0) is 29.3 Å². The first-order valence-electron chi connectivity index (χ1n) is 8.20. The minimum atomic E-state index is -0.509. The van der Waals surface area contributed by atoms with E-state index >= 15 is 0 Å². The fourth-order valence-electron chi connectivity index (χ4n) is 3.33. The summed E-state index contributed by atoms with van der Waals surface area (Å²) < 4.78 is 0. The smallest absolute Gasteiger partial charge is 0.247 e. The van der Waals surface area contributed by atoms with Crippen LogP contribution in [0.15, 0.2) is 48.7 Å². The highest BCUT2D eigenvalue weighted by atomic mass is 16.2. The predicted octanol–water partition coefficient (Wildman–Crippen LogP) is 2.47. The molecule has 3 aromatic rings. The van der Waals surface area contributed by atoms with Gasteiger partial charge in [0.05, 0.1) is 11.7 Å². The van der Waals surface area contributed by atoms with Gasteiger partial charge in [0.1, 0.15) is 6.04 Å². The molecule has 1 unspecified atom stereocenters. The Hall–Kier alpha value is -3.15. The Morgan fingerprint density at radius 2 is 2.00 bits per heavy atom. The lowest BCUT2D eigenvalue weighted by atomic mass is 9.93. The SMILES string of the molecule is CC(=O)N1Cc2ccccc2CC1C(=O)Nc1ccc2cn[nH]c2c1. The average Bonchev–Trinajstić information content (AvgIpc) is 3.08. The van der Waals surface area contributed by atoms with Crippen LogP contribution >= 0.6 is 0 Å². The molecule has 6 nitrogen and oxygen atoms in total. The van der Waals surface area contributed by atoms with E-state index in [2.05, 4.69) is 15.5 Å². The first-order chi connectivity index (χ1) is 12.1. The van der Waals surface area contributed by atoms with Gasteiger partial charge < -0.3 is 10.2 Å². The minimum absolute atomic E-state index is 0.0985. The maximum atomic E-state index is 12.8. The van der Waals surface area contributed by atoms with Crippen LogP contribution in [0.4, 0.5) is 5.69 Å². The van der Waals surface area contributed by atoms with Crippen molar-refractivity contribution in [2.75, 3.05) is 5.32 Å². The van der Waals surface area contributed by atoms with E-state index in [4.69, 9.17) is 0 Å². The molecule has 1 aliphatic heterocycles. The van der Waals surface area contributed by atoms with Crippen LogP contribution in [0.5, 0.6) is 0 Å². The lowest BCUT2D eigenvalue weighted by molar-refractivity contribution is -0.138. The molecule has 6 heteroatoms. The van der Waals surface area contributed by atoms with E-state index in [-0.39, 0.29) is 11.8 Å². The van der Waals surface area contributed by atoms with Crippen molar-refractivity contribution in [3.63, 3.8) is 0 Å². The highest BCUT2D eigenvalue weighted by Crippen LogP contribution is 2.25. The number of fused-ring (bicyclic) bond motifs is 2. The molecule has 0 spiro atoms. The molecule has 1 aromatic heterocycles. The van der Waals surface area contributed by atoms with Gasteiger partial charge in [-0.2, -0.15) is 5.10 Å². The molecule has 2 aromatic carbocycles. The van der Waals surface area contributed by atoms with Crippen molar-refractivity contribution in [2.24, 2.45) is 0 Å². The van der Waals surface area contributed by atoms with Crippen LogP contribution in [0.1, 0.15) is 18.1 Å². The number of amides is 2. The van der Waals surface area contributed by atoms with E-state index < -0.39 is 6.04 Å². The fourth-order valence-corrected chi connectivity index (χ4v) is 3.33. The van der Waals surface area contributed by atoms with Gasteiger partial charge in [-0.1, -0.05) is 24.3 Å². The highest BCUT2D eigenvalue weighted by molar-refractivity contribution is 5.98. The summed E-state index contributed by atoms with van der Waals surface area (Å²) in [4.78, 5) is 26.5. The van der Waals surface area contributed by atoms with Crippen molar-refractivity contribution in [1.29, 1.82) is 0 Å². The van der Waals surface area contributed by atoms with Crippen molar-refractivity contribution >= 4 is 28.4 Å². The first kappa shape index (κ1) is 15.4. The zero-order valence-electron chi connectivity index (χ0n) is 13.8. The molecule has 0 saturated heterocycles. The number of anilines is 1. The quantitative estimate of drug-likeness (QED) is 0.756. The zero-order chi connectivity index (χ0) is 17.4. The van der Waals surface area contributed by atoms with Crippen molar-refractivity contribution < 1.29 is 9.59 Å². The summed E-state index contributed by atoms with van der Waals surface area (Å²) in [6, 6.07) is 13.0. The van der Waals surface area contributed by atoms with Crippen molar-refractivity contribution in [3.8, 4) is 0 Å². The minimum Gasteiger partial charge on any atom is -0.326 e. The van der Waals surface area contributed by atoms with Crippen LogP contribution in [0.3, 0.4) is 0 Å². The molecule has 0 bridgehead atoms. The number of nitrogens with one attached hydrogen (secondary N) is 2. The first-order valence-corrected chi connectivity index (χ1v) is 8.20. The zero-order valence-corrected chi connectivity index (χ0v) is 13.8. The van der Waals surface area contributed by atoms with Crippen molar-refractivity contribution in [1.82, 2.24) is 15.1 Å².